The molecule has 2 heterocycles. The highest BCUT2D eigenvalue weighted by Gasteiger charge is 2.38. The summed E-state index contributed by atoms with van der Waals surface area (Å²) in [5.41, 5.74) is 0.191. The molecule has 0 radical (unpaired) electrons. The van der Waals surface area contributed by atoms with Gasteiger partial charge in [0.2, 0.25) is 0 Å². The van der Waals surface area contributed by atoms with Crippen molar-refractivity contribution in [3.63, 3.8) is 0 Å². The van der Waals surface area contributed by atoms with E-state index >= 15 is 0 Å². The lowest BCUT2D eigenvalue weighted by Gasteiger charge is -2.18. The van der Waals surface area contributed by atoms with Crippen molar-refractivity contribution in [1.82, 2.24) is 10.2 Å². The first-order valence-corrected chi connectivity index (χ1v) is 6.96. The average Bonchev–Trinajstić information content (AvgIpc) is 2.93. The largest absolute Gasteiger partial charge is 0.338 e. The molecule has 2 atom stereocenters. The minimum atomic E-state index is -0.615. The zero-order valence-electron chi connectivity index (χ0n) is 10.5. The maximum absolute atomic E-state index is 13.5. The van der Waals surface area contributed by atoms with Gasteiger partial charge in [0.05, 0.1) is 15.6 Å². The topological polar surface area (TPSA) is 32.3 Å². The lowest BCUT2D eigenvalue weighted by atomic mass is 10.0. The van der Waals surface area contributed by atoms with Crippen molar-refractivity contribution in [3.05, 3.63) is 33.6 Å². The van der Waals surface area contributed by atoms with Crippen LogP contribution in [-0.2, 0) is 0 Å². The smallest absolute Gasteiger partial charge is 0.255 e. The SMILES string of the molecule is Cl.O=C(c1cc(F)c(Cl)cc1Cl)N1C[C@H]2CNC[C@H]2C1. The fourth-order valence-electron chi connectivity index (χ4n) is 2.88. The Hall–Kier alpha value is -0.550. The van der Waals surface area contributed by atoms with E-state index in [-0.39, 0.29) is 33.9 Å². The van der Waals surface area contributed by atoms with E-state index in [0.717, 1.165) is 19.2 Å². The summed E-state index contributed by atoms with van der Waals surface area (Å²) in [6, 6.07) is 2.41. The molecule has 2 fully saturated rings. The zero-order valence-corrected chi connectivity index (χ0v) is 12.9. The van der Waals surface area contributed by atoms with E-state index in [2.05, 4.69) is 5.32 Å². The maximum Gasteiger partial charge on any atom is 0.255 e. The number of carbonyl (C=O) groups excluding carboxylic acids is 1. The monoisotopic (exact) mass is 338 g/mol. The average molecular weight is 340 g/mol. The van der Waals surface area contributed by atoms with Gasteiger partial charge in [-0.3, -0.25) is 4.79 Å². The molecule has 3 rings (SSSR count). The molecular formula is C13H14Cl3FN2O. The molecule has 0 saturated carbocycles. The number of halogens is 4. The van der Waals surface area contributed by atoms with E-state index in [0.29, 0.717) is 24.9 Å². The van der Waals surface area contributed by atoms with Gasteiger partial charge in [-0.15, -0.1) is 12.4 Å². The first-order valence-electron chi connectivity index (χ1n) is 6.21. The van der Waals surface area contributed by atoms with E-state index in [4.69, 9.17) is 23.2 Å². The Bertz CT molecular complexity index is 529. The number of rotatable bonds is 1. The maximum atomic E-state index is 13.5. The second kappa shape index (κ2) is 6.06. The van der Waals surface area contributed by atoms with Gasteiger partial charge in [-0.25, -0.2) is 4.39 Å². The minimum Gasteiger partial charge on any atom is -0.338 e. The van der Waals surface area contributed by atoms with Crippen molar-refractivity contribution in [2.75, 3.05) is 26.2 Å². The Morgan fingerprint density at radius 1 is 1.20 bits per heavy atom. The molecule has 2 saturated heterocycles. The van der Waals surface area contributed by atoms with Crippen LogP contribution in [0.1, 0.15) is 10.4 Å². The summed E-state index contributed by atoms with van der Waals surface area (Å²) >= 11 is 11.6. The van der Waals surface area contributed by atoms with Crippen LogP contribution < -0.4 is 5.32 Å². The molecule has 0 aliphatic carbocycles. The van der Waals surface area contributed by atoms with Crippen LogP contribution >= 0.6 is 35.6 Å². The fourth-order valence-corrected chi connectivity index (χ4v) is 3.34. The number of nitrogens with one attached hydrogen (secondary N) is 1. The summed E-state index contributed by atoms with van der Waals surface area (Å²) in [7, 11) is 0. The lowest BCUT2D eigenvalue weighted by Crippen LogP contribution is -2.32. The molecule has 20 heavy (non-hydrogen) atoms. The summed E-state index contributed by atoms with van der Waals surface area (Å²) < 4.78 is 13.5. The number of likely N-dealkylation sites (tertiary alicyclic amines) is 1. The number of fused-ring (bicyclic) bond motifs is 1. The molecule has 7 heteroatoms. The number of amides is 1. The Balaban J connectivity index is 0.00000147. The molecule has 2 aliphatic rings. The first-order chi connectivity index (χ1) is 9.06. The zero-order chi connectivity index (χ0) is 13.6. The molecule has 1 aromatic carbocycles. The highest BCUT2D eigenvalue weighted by atomic mass is 35.5. The fraction of sp³-hybridized carbons (Fsp3) is 0.462. The van der Waals surface area contributed by atoms with Crippen LogP contribution in [0.2, 0.25) is 10.0 Å². The van der Waals surface area contributed by atoms with Crippen LogP contribution in [0.4, 0.5) is 4.39 Å². The molecule has 110 valence electrons. The summed E-state index contributed by atoms with van der Waals surface area (Å²) in [6.07, 6.45) is 0. The number of nitrogens with zero attached hydrogens (tertiary/aromatic N) is 1. The van der Waals surface area contributed by atoms with Gasteiger partial charge in [-0.05, 0) is 24.0 Å². The molecule has 1 amide bonds. The van der Waals surface area contributed by atoms with E-state index in [1.54, 1.807) is 4.90 Å². The van der Waals surface area contributed by atoms with Crippen LogP contribution in [-0.4, -0.2) is 37.0 Å². The third-order valence-corrected chi connectivity index (χ3v) is 4.52. The van der Waals surface area contributed by atoms with E-state index in [1.165, 1.54) is 6.07 Å². The van der Waals surface area contributed by atoms with Gasteiger partial charge in [-0.2, -0.15) is 0 Å². The Labute approximate surface area is 132 Å². The quantitative estimate of drug-likeness (QED) is 0.798. The predicted octanol–water partition coefficient (Wildman–Crippen LogP) is 2.85. The molecule has 3 nitrogen and oxygen atoms in total. The highest BCUT2D eigenvalue weighted by molar-refractivity contribution is 6.36. The van der Waals surface area contributed by atoms with Crippen LogP contribution in [0.3, 0.4) is 0 Å². The van der Waals surface area contributed by atoms with Gasteiger partial charge in [0.25, 0.3) is 5.91 Å². The van der Waals surface area contributed by atoms with Crippen molar-refractivity contribution in [1.29, 1.82) is 0 Å². The van der Waals surface area contributed by atoms with E-state index in [1.807, 2.05) is 0 Å². The van der Waals surface area contributed by atoms with Gasteiger partial charge in [0.15, 0.2) is 0 Å². The molecule has 1 N–H and O–H groups in total. The summed E-state index contributed by atoms with van der Waals surface area (Å²) in [5.74, 6) is 0.171. The third-order valence-electron chi connectivity index (χ3n) is 3.92. The number of benzene rings is 1. The van der Waals surface area contributed by atoms with Crippen LogP contribution in [0.5, 0.6) is 0 Å². The van der Waals surface area contributed by atoms with Crippen LogP contribution in [0.15, 0.2) is 12.1 Å². The van der Waals surface area contributed by atoms with Gasteiger partial charge < -0.3 is 10.2 Å². The van der Waals surface area contributed by atoms with Crippen LogP contribution in [0, 0.1) is 17.7 Å². The van der Waals surface area contributed by atoms with Gasteiger partial charge >= 0.3 is 0 Å². The number of hydrogen-bond donors (Lipinski definition) is 1. The standard InChI is InChI=1S/C13H13Cl2FN2O.ClH/c14-10-2-11(15)12(16)1-9(10)13(19)18-5-7-3-17-4-8(7)6-18;/h1-2,7-8,17H,3-6H2;1H/t7-,8+;. The van der Waals surface area contributed by atoms with Crippen molar-refractivity contribution in [2.24, 2.45) is 11.8 Å². The van der Waals surface area contributed by atoms with E-state index < -0.39 is 5.82 Å². The van der Waals surface area contributed by atoms with Crippen molar-refractivity contribution >= 4 is 41.5 Å². The van der Waals surface area contributed by atoms with Crippen molar-refractivity contribution < 1.29 is 9.18 Å². The van der Waals surface area contributed by atoms with E-state index in [9.17, 15) is 9.18 Å². The first kappa shape index (κ1) is 15.8. The lowest BCUT2D eigenvalue weighted by molar-refractivity contribution is 0.0781. The third kappa shape index (κ3) is 2.75. The van der Waals surface area contributed by atoms with Gasteiger partial charge in [-0.1, -0.05) is 23.2 Å². The minimum absolute atomic E-state index is 0. The van der Waals surface area contributed by atoms with Crippen molar-refractivity contribution in [2.45, 2.75) is 0 Å². The molecule has 0 bridgehead atoms. The Morgan fingerprint density at radius 3 is 2.40 bits per heavy atom. The normalized spacial score (nSPS) is 24.4. The van der Waals surface area contributed by atoms with Gasteiger partial charge in [0, 0.05) is 26.2 Å². The molecule has 0 aromatic heterocycles. The summed E-state index contributed by atoms with van der Waals surface area (Å²) in [5, 5.41) is 3.44. The summed E-state index contributed by atoms with van der Waals surface area (Å²) in [6.45, 7) is 3.29. The van der Waals surface area contributed by atoms with Gasteiger partial charge in [0.1, 0.15) is 5.82 Å². The second-order valence-corrected chi connectivity index (χ2v) is 5.95. The summed E-state index contributed by atoms with van der Waals surface area (Å²) in [4.78, 5) is 14.1. The predicted molar refractivity (Wildman–Crippen MR) is 79.4 cm³/mol. The second-order valence-electron chi connectivity index (χ2n) is 5.13. The Morgan fingerprint density at radius 2 is 1.80 bits per heavy atom. The molecule has 1 aromatic rings. The molecular weight excluding hydrogens is 326 g/mol. The molecule has 0 spiro atoms. The number of hydrogen-bond acceptors (Lipinski definition) is 2. The number of carbonyl (C=O) groups is 1. The van der Waals surface area contributed by atoms with Crippen molar-refractivity contribution in [3.8, 4) is 0 Å². The van der Waals surface area contributed by atoms with Crippen LogP contribution in [0.25, 0.3) is 0 Å². The molecule has 2 aliphatic heterocycles. The highest BCUT2D eigenvalue weighted by Crippen LogP contribution is 2.30. The molecule has 0 unspecified atom stereocenters. The Kier molecular flexibility index (Phi) is 4.80.